The molecule has 2 N–H and O–H groups in total. The van der Waals surface area contributed by atoms with Crippen LogP contribution in [0.25, 0.3) is 10.9 Å². The monoisotopic (exact) mass is 230 g/mol. The fourth-order valence-electron chi connectivity index (χ4n) is 1.55. The van der Waals surface area contributed by atoms with E-state index in [1.165, 1.54) is 0 Å². The summed E-state index contributed by atoms with van der Waals surface area (Å²) in [7, 11) is 0. The second-order valence-electron chi connectivity index (χ2n) is 3.94. The van der Waals surface area contributed by atoms with Gasteiger partial charge in [0.05, 0.1) is 11.2 Å². The van der Waals surface area contributed by atoms with Gasteiger partial charge in [-0.3, -0.25) is 15.1 Å². The molecule has 1 aromatic carbocycles. The number of para-hydroxylation sites is 1. The van der Waals surface area contributed by atoms with Crippen molar-refractivity contribution in [3.05, 3.63) is 42.1 Å². The molecule has 0 fully saturated rings. The Hall–Kier alpha value is -1.94. The van der Waals surface area contributed by atoms with E-state index in [-0.39, 0.29) is 0 Å². The van der Waals surface area contributed by atoms with Crippen molar-refractivity contribution in [3.8, 4) is 0 Å². The largest absolute Gasteiger partial charge is 0.480 e. The number of aromatic nitrogens is 1. The molecule has 2 aromatic rings. The summed E-state index contributed by atoms with van der Waals surface area (Å²) in [6.45, 7) is 2.07. The van der Waals surface area contributed by atoms with Gasteiger partial charge in [-0.25, -0.2) is 0 Å². The summed E-state index contributed by atoms with van der Waals surface area (Å²) in [6.07, 6.45) is 0. The molecular weight excluding hydrogens is 216 g/mol. The lowest BCUT2D eigenvalue weighted by Crippen LogP contribution is -2.33. The van der Waals surface area contributed by atoms with E-state index in [1.807, 2.05) is 36.4 Å². The highest BCUT2D eigenvalue weighted by molar-refractivity contribution is 5.78. The Balaban J connectivity index is 2.12. The van der Waals surface area contributed by atoms with Gasteiger partial charge in [0.15, 0.2) is 0 Å². The Bertz CT molecular complexity index is 540. The highest BCUT2D eigenvalue weighted by atomic mass is 16.4. The Morgan fingerprint density at radius 1 is 1.35 bits per heavy atom. The summed E-state index contributed by atoms with van der Waals surface area (Å²) >= 11 is 0. The van der Waals surface area contributed by atoms with E-state index in [9.17, 15) is 4.79 Å². The van der Waals surface area contributed by atoms with E-state index < -0.39 is 12.0 Å². The molecule has 2 rings (SSSR count). The molecule has 0 saturated carbocycles. The van der Waals surface area contributed by atoms with Gasteiger partial charge in [0.25, 0.3) is 0 Å². The maximum absolute atomic E-state index is 10.6. The van der Waals surface area contributed by atoms with Crippen molar-refractivity contribution in [1.29, 1.82) is 0 Å². The average molecular weight is 230 g/mol. The van der Waals surface area contributed by atoms with Crippen molar-refractivity contribution < 1.29 is 9.90 Å². The smallest absolute Gasteiger partial charge is 0.320 e. The van der Waals surface area contributed by atoms with Gasteiger partial charge in [0, 0.05) is 11.9 Å². The number of carbonyl (C=O) groups is 1. The number of rotatable bonds is 4. The molecule has 0 spiro atoms. The number of carboxylic acid groups (broad SMARTS) is 1. The maximum Gasteiger partial charge on any atom is 0.320 e. The van der Waals surface area contributed by atoms with Gasteiger partial charge in [0.1, 0.15) is 6.04 Å². The van der Waals surface area contributed by atoms with Crippen LogP contribution in [-0.2, 0) is 11.3 Å². The van der Waals surface area contributed by atoms with Crippen molar-refractivity contribution in [1.82, 2.24) is 10.3 Å². The van der Waals surface area contributed by atoms with Crippen LogP contribution in [0.1, 0.15) is 12.6 Å². The Morgan fingerprint density at radius 2 is 2.12 bits per heavy atom. The number of hydrogen-bond acceptors (Lipinski definition) is 3. The zero-order chi connectivity index (χ0) is 12.3. The zero-order valence-corrected chi connectivity index (χ0v) is 9.55. The van der Waals surface area contributed by atoms with Crippen molar-refractivity contribution in [2.24, 2.45) is 0 Å². The molecule has 0 unspecified atom stereocenters. The molecule has 1 atom stereocenters. The first-order chi connectivity index (χ1) is 8.16. The molecule has 0 saturated heterocycles. The maximum atomic E-state index is 10.6. The number of pyridine rings is 1. The van der Waals surface area contributed by atoms with E-state index in [4.69, 9.17) is 5.11 Å². The fourth-order valence-corrected chi connectivity index (χ4v) is 1.55. The van der Waals surface area contributed by atoms with Crippen LogP contribution in [0.15, 0.2) is 36.4 Å². The number of benzene rings is 1. The molecule has 0 amide bonds. The van der Waals surface area contributed by atoms with E-state index in [1.54, 1.807) is 6.92 Å². The van der Waals surface area contributed by atoms with Crippen LogP contribution in [0.4, 0.5) is 0 Å². The zero-order valence-electron chi connectivity index (χ0n) is 9.55. The molecule has 4 heteroatoms. The summed E-state index contributed by atoms with van der Waals surface area (Å²) in [4.78, 5) is 15.1. The van der Waals surface area contributed by atoms with Crippen molar-refractivity contribution in [3.63, 3.8) is 0 Å². The lowest BCUT2D eigenvalue weighted by Gasteiger charge is -2.08. The minimum absolute atomic E-state index is 0.457. The van der Waals surface area contributed by atoms with Gasteiger partial charge < -0.3 is 5.11 Å². The van der Waals surface area contributed by atoms with E-state index in [0.29, 0.717) is 6.54 Å². The second-order valence-corrected chi connectivity index (χ2v) is 3.94. The molecule has 4 nitrogen and oxygen atoms in total. The average Bonchev–Trinajstić information content (AvgIpc) is 2.35. The van der Waals surface area contributed by atoms with Crippen LogP contribution in [0.5, 0.6) is 0 Å². The van der Waals surface area contributed by atoms with Gasteiger partial charge in [-0.1, -0.05) is 24.3 Å². The molecule has 1 aromatic heterocycles. The first-order valence-electron chi connectivity index (χ1n) is 5.47. The molecule has 0 aliphatic heterocycles. The number of carboxylic acids is 1. The first kappa shape index (κ1) is 11.5. The van der Waals surface area contributed by atoms with Gasteiger partial charge in [-0.15, -0.1) is 0 Å². The minimum Gasteiger partial charge on any atom is -0.480 e. The van der Waals surface area contributed by atoms with E-state index >= 15 is 0 Å². The molecule has 0 aliphatic carbocycles. The predicted octanol–water partition coefficient (Wildman–Crippen LogP) is 1.80. The molecule has 0 aliphatic rings. The Kier molecular flexibility index (Phi) is 3.35. The van der Waals surface area contributed by atoms with E-state index in [0.717, 1.165) is 16.6 Å². The lowest BCUT2D eigenvalue weighted by molar-refractivity contribution is -0.139. The van der Waals surface area contributed by atoms with Gasteiger partial charge in [-0.2, -0.15) is 0 Å². The van der Waals surface area contributed by atoms with Crippen LogP contribution in [0, 0.1) is 0 Å². The summed E-state index contributed by atoms with van der Waals surface area (Å²) in [5, 5.41) is 12.7. The minimum atomic E-state index is -0.856. The standard InChI is InChI=1S/C13H14N2O2/c1-9(13(16)17)14-8-11-7-6-10-4-2-3-5-12(10)15-11/h2-7,9,14H,8H2,1H3,(H,16,17)/t9-/m1/s1. The third-order valence-corrected chi connectivity index (χ3v) is 2.62. The van der Waals surface area contributed by atoms with Crippen LogP contribution in [0.3, 0.4) is 0 Å². The van der Waals surface area contributed by atoms with Gasteiger partial charge >= 0.3 is 5.97 Å². The third-order valence-electron chi connectivity index (χ3n) is 2.62. The van der Waals surface area contributed by atoms with Crippen molar-refractivity contribution in [2.75, 3.05) is 0 Å². The van der Waals surface area contributed by atoms with Crippen LogP contribution in [-0.4, -0.2) is 22.1 Å². The molecule has 0 radical (unpaired) electrons. The topological polar surface area (TPSA) is 62.2 Å². The van der Waals surface area contributed by atoms with Gasteiger partial charge in [0.2, 0.25) is 0 Å². The quantitative estimate of drug-likeness (QED) is 0.840. The van der Waals surface area contributed by atoms with Crippen LogP contribution in [0.2, 0.25) is 0 Å². The van der Waals surface area contributed by atoms with Crippen LogP contribution < -0.4 is 5.32 Å². The third kappa shape index (κ3) is 2.79. The van der Waals surface area contributed by atoms with Crippen LogP contribution >= 0.6 is 0 Å². The summed E-state index contributed by atoms with van der Waals surface area (Å²) in [6, 6.07) is 11.2. The molecule has 88 valence electrons. The highest BCUT2D eigenvalue weighted by Crippen LogP contribution is 2.11. The number of nitrogens with zero attached hydrogens (tertiary/aromatic N) is 1. The predicted molar refractivity (Wildman–Crippen MR) is 65.7 cm³/mol. The molecule has 0 bridgehead atoms. The number of fused-ring (bicyclic) bond motifs is 1. The highest BCUT2D eigenvalue weighted by Gasteiger charge is 2.09. The van der Waals surface area contributed by atoms with E-state index in [2.05, 4.69) is 10.3 Å². The number of hydrogen-bond donors (Lipinski definition) is 2. The van der Waals surface area contributed by atoms with Gasteiger partial charge in [-0.05, 0) is 19.1 Å². The lowest BCUT2D eigenvalue weighted by atomic mass is 10.2. The Morgan fingerprint density at radius 3 is 2.88 bits per heavy atom. The normalized spacial score (nSPS) is 12.5. The summed E-state index contributed by atoms with van der Waals surface area (Å²) in [5.41, 5.74) is 1.77. The number of aliphatic carboxylic acids is 1. The molecular formula is C13H14N2O2. The van der Waals surface area contributed by atoms with Crippen molar-refractivity contribution >= 4 is 16.9 Å². The molecule has 1 heterocycles. The van der Waals surface area contributed by atoms with Crippen molar-refractivity contribution in [2.45, 2.75) is 19.5 Å². The number of nitrogens with one attached hydrogen (secondary N) is 1. The Labute approximate surface area is 99.3 Å². The fraction of sp³-hybridized carbons (Fsp3) is 0.231. The summed E-state index contributed by atoms with van der Waals surface area (Å²) < 4.78 is 0. The molecule has 17 heavy (non-hydrogen) atoms. The second kappa shape index (κ2) is 4.93. The SMILES string of the molecule is C[C@@H](NCc1ccc2ccccc2n1)C(=O)O. The summed E-state index contributed by atoms with van der Waals surface area (Å²) in [5.74, 6) is -0.856. The first-order valence-corrected chi connectivity index (χ1v) is 5.47.